The second-order valence-corrected chi connectivity index (χ2v) is 7.79. The van der Waals surface area contributed by atoms with E-state index in [1.165, 1.54) is 0 Å². The molecule has 0 atom stereocenters. The lowest BCUT2D eigenvalue weighted by Crippen LogP contribution is -2.41. The van der Waals surface area contributed by atoms with Crippen molar-refractivity contribution in [2.45, 2.75) is 52.7 Å². The van der Waals surface area contributed by atoms with Gasteiger partial charge in [-0.25, -0.2) is 0 Å². The van der Waals surface area contributed by atoms with Gasteiger partial charge in [0.1, 0.15) is 0 Å². The fraction of sp³-hybridized carbons (Fsp3) is 0.846. The highest BCUT2D eigenvalue weighted by molar-refractivity contribution is 7.54. The average molecular weight is 304 g/mol. The Morgan fingerprint density at radius 3 is 1.90 bits per heavy atom. The van der Waals surface area contributed by atoms with Gasteiger partial charge < -0.3 is 18.4 Å². The molecule has 7 heteroatoms. The van der Waals surface area contributed by atoms with Crippen LogP contribution in [-0.4, -0.2) is 37.7 Å². The highest BCUT2D eigenvalue weighted by Crippen LogP contribution is 2.48. The highest BCUT2D eigenvalue weighted by atomic mass is 31.2. The predicted molar refractivity (Wildman–Crippen MR) is 80.9 cm³/mol. The zero-order chi connectivity index (χ0) is 15.4. The van der Waals surface area contributed by atoms with Crippen molar-refractivity contribution in [3.8, 4) is 0 Å². The monoisotopic (exact) mass is 304 g/mol. The summed E-state index contributed by atoms with van der Waals surface area (Å²) in [7, 11) is -3.47. The van der Waals surface area contributed by atoms with Crippen LogP contribution in [0.4, 0.5) is 0 Å². The van der Waals surface area contributed by atoms with E-state index < -0.39 is 14.7 Å². The number of rotatable bonds is 7. The average Bonchev–Trinajstić information content (AvgIpc) is 2.47. The lowest BCUT2D eigenvalue weighted by atomic mass is 9.90. The van der Waals surface area contributed by atoms with Crippen molar-refractivity contribution in [3.05, 3.63) is 12.1 Å². The van der Waals surface area contributed by atoms with Crippen LogP contribution in [0, 0.1) is 0 Å². The van der Waals surface area contributed by atoms with E-state index >= 15 is 0 Å². The van der Waals surface area contributed by atoms with E-state index in [2.05, 4.69) is 0 Å². The Bertz CT molecular complexity index is 368. The number of hydrogen-bond acceptors (Lipinski definition) is 5. The first-order valence-electron chi connectivity index (χ1n) is 7.06. The zero-order valence-corrected chi connectivity index (χ0v) is 14.2. The summed E-state index contributed by atoms with van der Waals surface area (Å²) in [6.45, 7) is 12.3. The van der Waals surface area contributed by atoms with Crippen LogP contribution in [0.2, 0.25) is 0 Å². The molecule has 0 aromatic carbocycles. The zero-order valence-electron chi connectivity index (χ0n) is 13.3. The van der Waals surface area contributed by atoms with Crippen LogP contribution >= 0.6 is 7.60 Å². The summed E-state index contributed by atoms with van der Waals surface area (Å²) in [6.07, 6.45) is 1.97. The Balaban J connectivity index is 2.60. The molecule has 20 heavy (non-hydrogen) atoms. The van der Waals surface area contributed by atoms with Crippen LogP contribution in [0.5, 0.6) is 0 Å². The molecule has 0 bridgehead atoms. The fourth-order valence-corrected chi connectivity index (χ4v) is 3.26. The van der Waals surface area contributed by atoms with Gasteiger partial charge in [-0.15, -0.1) is 0 Å². The quantitative estimate of drug-likeness (QED) is 0.532. The smallest absolute Gasteiger partial charge is 0.400 e. The topological polar surface area (TPSA) is 54.0 Å². The van der Waals surface area contributed by atoms with Gasteiger partial charge >= 0.3 is 14.7 Å². The standard InChI is InChI=1S/C13H26BO5P/c1-7-16-20(15,17-8-2)11-9-10-14-18-12(3,4)13(5,6)19-14/h9-10H,7-8,11H2,1-6H3/b10-9+. The summed E-state index contributed by atoms with van der Waals surface area (Å²) in [4.78, 5) is 0. The Morgan fingerprint density at radius 2 is 1.50 bits per heavy atom. The first kappa shape index (κ1) is 17.9. The lowest BCUT2D eigenvalue weighted by Gasteiger charge is -2.32. The van der Waals surface area contributed by atoms with Gasteiger partial charge in [-0.1, -0.05) is 12.1 Å². The maximum atomic E-state index is 12.3. The molecule has 1 saturated heterocycles. The molecule has 5 nitrogen and oxygen atoms in total. The molecule has 0 saturated carbocycles. The van der Waals surface area contributed by atoms with Crippen molar-refractivity contribution >= 4 is 14.7 Å². The van der Waals surface area contributed by atoms with Crippen LogP contribution in [0.3, 0.4) is 0 Å². The van der Waals surface area contributed by atoms with Crippen LogP contribution < -0.4 is 0 Å². The van der Waals surface area contributed by atoms with Gasteiger partial charge in [0, 0.05) is 0 Å². The van der Waals surface area contributed by atoms with Crippen molar-refractivity contribution in [2.75, 3.05) is 19.4 Å². The number of hydrogen-bond donors (Lipinski definition) is 0. The van der Waals surface area contributed by atoms with Gasteiger partial charge in [-0.3, -0.25) is 4.57 Å². The predicted octanol–water partition coefficient (Wildman–Crippen LogP) is 3.44. The van der Waals surface area contributed by atoms with Crippen LogP contribution in [0.15, 0.2) is 12.1 Å². The molecule has 0 aliphatic carbocycles. The first-order chi connectivity index (χ1) is 9.16. The van der Waals surface area contributed by atoms with E-state index in [0.29, 0.717) is 13.2 Å². The second kappa shape index (κ2) is 6.76. The highest BCUT2D eigenvalue weighted by Gasteiger charge is 2.50. The van der Waals surface area contributed by atoms with E-state index in [9.17, 15) is 4.57 Å². The van der Waals surface area contributed by atoms with Crippen molar-refractivity contribution in [2.24, 2.45) is 0 Å². The molecule has 1 fully saturated rings. The number of allylic oxidation sites excluding steroid dienone is 1. The Kier molecular flexibility index (Phi) is 6.06. The molecule has 0 N–H and O–H groups in total. The van der Waals surface area contributed by atoms with Gasteiger partial charge in [-0.2, -0.15) is 0 Å². The third-order valence-corrected chi connectivity index (χ3v) is 5.51. The molecule has 0 unspecified atom stereocenters. The van der Waals surface area contributed by atoms with E-state index in [0.717, 1.165) is 0 Å². The van der Waals surface area contributed by atoms with Gasteiger partial charge in [0.05, 0.1) is 30.6 Å². The summed E-state index contributed by atoms with van der Waals surface area (Å²) in [5.41, 5.74) is -0.739. The van der Waals surface area contributed by atoms with Gasteiger partial charge in [-0.05, 0) is 41.5 Å². The van der Waals surface area contributed by atoms with E-state index in [-0.39, 0.29) is 17.4 Å². The molecule has 116 valence electrons. The maximum absolute atomic E-state index is 12.3. The lowest BCUT2D eigenvalue weighted by molar-refractivity contribution is 0.00578. The molecule has 0 aromatic rings. The third-order valence-electron chi connectivity index (χ3n) is 3.55. The van der Waals surface area contributed by atoms with Gasteiger partial charge in [0.2, 0.25) is 0 Å². The molecule has 0 aromatic heterocycles. The van der Waals surface area contributed by atoms with E-state index in [1.54, 1.807) is 25.9 Å². The van der Waals surface area contributed by atoms with Crippen molar-refractivity contribution in [1.82, 2.24) is 0 Å². The Morgan fingerprint density at radius 1 is 1.05 bits per heavy atom. The summed E-state index contributed by atoms with van der Waals surface area (Å²) >= 11 is 0. The molecule has 0 radical (unpaired) electrons. The summed E-state index contributed by atoms with van der Waals surface area (Å²) in [6, 6.07) is 0. The molecular formula is C13H26BO5P. The minimum absolute atomic E-state index is 0.221. The van der Waals surface area contributed by atoms with Crippen LogP contribution in [-0.2, 0) is 22.9 Å². The normalized spacial score (nSPS) is 21.8. The molecule has 0 spiro atoms. The molecule has 0 amide bonds. The minimum Gasteiger partial charge on any atom is -0.400 e. The maximum Gasteiger partial charge on any atom is 0.486 e. The molecule has 1 aliphatic rings. The second-order valence-electron chi connectivity index (χ2n) is 5.68. The molecular weight excluding hydrogens is 278 g/mol. The third kappa shape index (κ3) is 4.44. The summed E-state index contributed by atoms with van der Waals surface area (Å²) in [5, 5.41) is 0. The first-order valence-corrected chi connectivity index (χ1v) is 8.79. The molecule has 1 aliphatic heterocycles. The summed E-state index contributed by atoms with van der Waals surface area (Å²) < 4.78 is 34.3. The fourth-order valence-electron chi connectivity index (χ4n) is 1.80. The Hall–Kier alpha value is -0.125. The van der Waals surface area contributed by atoms with E-state index in [4.69, 9.17) is 18.4 Å². The SMILES string of the molecule is CCOP(=O)(C/C=C/B1OC(C)(C)C(C)(C)O1)OCC. The molecule has 1 rings (SSSR count). The van der Waals surface area contributed by atoms with Crippen LogP contribution in [0.25, 0.3) is 0 Å². The van der Waals surface area contributed by atoms with Crippen LogP contribution in [0.1, 0.15) is 41.5 Å². The van der Waals surface area contributed by atoms with E-state index in [1.807, 2.05) is 27.7 Å². The Labute approximate surface area is 122 Å². The largest absolute Gasteiger partial charge is 0.486 e. The molecule has 1 heterocycles. The van der Waals surface area contributed by atoms with Gasteiger partial charge in [0.25, 0.3) is 0 Å². The van der Waals surface area contributed by atoms with Crippen molar-refractivity contribution in [3.63, 3.8) is 0 Å². The van der Waals surface area contributed by atoms with Crippen molar-refractivity contribution in [1.29, 1.82) is 0 Å². The van der Waals surface area contributed by atoms with Crippen molar-refractivity contribution < 1.29 is 22.9 Å². The minimum atomic E-state index is -3.04. The summed E-state index contributed by atoms with van der Waals surface area (Å²) in [5.74, 6) is 1.77. The van der Waals surface area contributed by atoms with Gasteiger partial charge in [0.15, 0.2) is 0 Å².